The van der Waals surface area contributed by atoms with Crippen LogP contribution in [-0.2, 0) is 0 Å². The van der Waals surface area contributed by atoms with E-state index in [0.717, 1.165) is 19.4 Å². The fraction of sp³-hybridized carbons (Fsp3) is 0.571. The van der Waals surface area contributed by atoms with Crippen molar-refractivity contribution in [3.05, 3.63) is 28.2 Å². The molecule has 0 aliphatic carbocycles. The average molecular weight is 291 g/mol. The summed E-state index contributed by atoms with van der Waals surface area (Å²) in [5.41, 5.74) is 0.303. The van der Waals surface area contributed by atoms with Crippen molar-refractivity contribution in [2.24, 2.45) is 0 Å². The maximum Gasteiger partial charge on any atom is 0.139 e. The summed E-state index contributed by atoms with van der Waals surface area (Å²) < 4.78 is 5.62. The minimum atomic E-state index is 0.303. The lowest BCUT2D eigenvalue weighted by Gasteiger charge is -2.16. The van der Waals surface area contributed by atoms with E-state index < -0.39 is 0 Å². The van der Waals surface area contributed by atoms with Crippen LogP contribution < -0.4 is 10.1 Å². The van der Waals surface area contributed by atoms with E-state index >= 15 is 0 Å². The Morgan fingerprint density at radius 1 is 1.17 bits per heavy atom. The highest BCUT2D eigenvalue weighted by Crippen LogP contribution is 2.31. The maximum absolute atomic E-state index is 6.03. The summed E-state index contributed by atoms with van der Waals surface area (Å²) in [5.74, 6) is 0.670. The molecule has 0 amide bonds. The molecule has 18 heavy (non-hydrogen) atoms. The van der Waals surface area contributed by atoms with Crippen molar-refractivity contribution in [2.45, 2.75) is 39.2 Å². The first kappa shape index (κ1) is 15.6. The van der Waals surface area contributed by atoms with Crippen molar-refractivity contribution in [3.63, 3.8) is 0 Å². The first-order chi connectivity index (χ1) is 8.40. The lowest BCUT2D eigenvalue weighted by atomic mass is 10.1. The quantitative estimate of drug-likeness (QED) is 0.797. The molecule has 2 N–H and O–H groups in total. The molecular weight excluding hydrogens is 269 g/mol. The number of hydrogen-bond acceptors (Lipinski definition) is 1. The third kappa shape index (κ3) is 5.94. The van der Waals surface area contributed by atoms with Crippen molar-refractivity contribution in [3.8, 4) is 5.75 Å². The van der Waals surface area contributed by atoms with Gasteiger partial charge < -0.3 is 10.1 Å². The number of halogens is 2. The number of hydrogen-bond donors (Lipinski definition) is 1. The zero-order valence-corrected chi connectivity index (χ0v) is 12.8. The molecule has 0 aliphatic heterocycles. The van der Waals surface area contributed by atoms with Crippen molar-refractivity contribution < 1.29 is 10.1 Å². The van der Waals surface area contributed by atoms with Crippen LogP contribution in [0.25, 0.3) is 0 Å². The van der Waals surface area contributed by atoms with Gasteiger partial charge in [-0.3, -0.25) is 0 Å². The standard InChI is InChI=1S/C14H21Cl2NO/c1-14(2,3)17-9-4-5-10-18-12-8-6-7-11(15)13(12)16/h6-8,17H,4-5,9-10H2,1-3H3/p+1. The van der Waals surface area contributed by atoms with E-state index in [9.17, 15) is 0 Å². The summed E-state index contributed by atoms with van der Waals surface area (Å²) in [7, 11) is 0. The van der Waals surface area contributed by atoms with Crippen molar-refractivity contribution >= 4 is 23.2 Å². The van der Waals surface area contributed by atoms with Crippen LogP contribution in [0.4, 0.5) is 0 Å². The van der Waals surface area contributed by atoms with Crippen LogP contribution in [0.5, 0.6) is 5.75 Å². The van der Waals surface area contributed by atoms with E-state index in [2.05, 4.69) is 26.1 Å². The van der Waals surface area contributed by atoms with Crippen molar-refractivity contribution in [1.29, 1.82) is 0 Å². The Labute approximate surface area is 120 Å². The fourth-order valence-corrected chi connectivity index (χ4v) is 1.91. The Hall–Kier alpha value is -0.440. The van der Waals surface area contributed by atoms with Crippen molar-refractivity contribution in [1.82, 2.24) is 0 Å². The van der Waals surface area contributed by atoms with Gasteiger partial charge in [-0.15, -0.1) is 0 Å². The largest absolute Gasteiger partial charge is 0.492 e. The Balaban J connectivity index is 2.20. The van der Waals surface area contributed by atoms with Crippen LogP contribution in [0.1, 0.15) is 33.6 Å². The molecule has 0 radical (unpaired) electrons. The molecule has 1 aromatic carbocycles. The summed E-state index contributed by atoms with van der Waals surface area (Å²) in [6.45, 7) is 8.45. The highest BCUT2D eigenvalue weighted by molar-refractivity contribution is 6.42. The van der Waals surface area contributed by atoms with Crippen LogP contribution in [0.3, 0.4) is 0 Å². The minimum absolute atomic E-state index is 0.303. The Morgan fingerprint density at radius 3 is 2.56 bits per heavy atom. The number of quaternary nitrogens is 1. The fourth-order valence-electron chi connectivity index (χ4n) is 1.56. The third-order valence-corrected chi connectivity index (χ3v) is 3.33. The Morgan fingerprint density at radius 2 is 1.89 bits per heavy atom. The van der Waals surface area contributed by atoms with Gasteiger partial charge in [0, 0.05) is 0 Å². The van der Waals surface area contributed by atoms with Gasteiger partial charge in [0.15, 0.2) is 0 Å². The van der Waals surface area contributed by atoms with Gasteiger partial charge in [0.05, 0.1) is 23.7 Å². The zero-order chi connectivity index (χ0) is 13.6. The normalized spacial score (nSPS) is 11.6. The van der Waals surface area contributed by atoms with Gasteiger partial charge in [-0.25, -0.2) is 0 Å². The number of unbranched alkanes of at least 4 members (excludes halogenated alkanes) is 1. The molecule has 0 saturated heterocycles. The van der Waals surface area contributed by atoms with Gasteiger partial charge >= 0.3 is 0 Å². The van der Waals surface area contributed by atoms with Gasteiger partial charge in [-0.05, 0) is 45.7 Å². The van der Waals surface area contributed by atoms with Gasteiger partial charge in [0.1, 0.15) is 10.8 Å². The molecule has 0 saturated carbocycles. The van der Waals surface area contributed by atoms with Gasteiger partial charge in [0.25, 0.3) is 0 Å². The molecule has 0 aromatic heterocycles. The molecule has 0 atom stereocenters. The molecule has 102 valence electrons. The summed E-state index contributed by atoms with van der Waals surface area (Å²) in [5, 5.41) is 3.38. The van der Waals surface area contributed by atoms with E-state index in [4.69, 9.17) is 27.9 Å². The lowest BCUT2D eigenvalue weighted by Crippen LogP contribution is -2.94. The SMILES string of the molecule is CC(C)(C)[NH2+]CCCCOc1cccc(Cl)c1Cl. The van der Waals surface area contributed by atoms with Crippen LogP contribution in [0.2, 0.25) is 10.0 Å². The van der Waals surface area contributed by atoms with Crippen LogP contribution >= 0.6 is 23.2 Å². The summed E-state index contributed by atoms with van der Waals surface area (Å²) in [6.07, 6.45) is 2.16. The molecule has 0 unspecified atom stereocenters. The van der Waals surface area contributed by atoms with Crippen molar-refractivity contribution in [2.75, 3.05) is 13.2 Å². The maximum atomic E-state index is 6.03. The number of nitrogens with two attached hydrogens (primary N) is 1. The van der Waals surface area contributed by atoms with Gasteiger partial charge in [-0.2, -0.15) is 0 Å². The Kier molecular flexibility index (Phi) is 6.27. The highest BCUT2D eigenvalue weighted by Gasteiger charge is 2.11. The average Bonchev–Trinajstić information content (AvgIpc) is 2.27. The minimum Gasteiger partial charge on any atom is -0.492 e. The molecule has 1 aromatic rings. The zero-order valence-electron chi connectivity index (χ0n) is 11.3. The smallest absolute Gasteiger partial charge is 0.139 e. The molecule has 0 fully saturated rings. The monoisotopic (exact) mass is 290 g/mol. The second kappa shape index (κ2) is 7.22. The molecule has 0 spiro atoms. The summed E-state index contributed by atoms with van der Waals surface area (Å²) >= 11 is 11.9. The van der Waals surface area contributed by atoms with E-state index in [1.54, 1.807) is 6.07 Å². The lowest BCUT2D eigenvalue weighted by molar-refractivity contribution is -0.717. The van der Waals surface area contributed by atoms with E-state index in [1.807, 2.05) is 12.1 Å². The van der Waals surface area contributed by atoms with E-state index in [-0.39, 0.29) is 0 Å². The van der Waals surface area contributed by atoms with Crippen LogP contribution in [0.15, 0.2) is 18.2 Å². The molecule has 0 heterocycles. The van der Waals surface area contributed by atoms with E-state index in [1.165, 1.54) is 0 Å². The predicted octanol–water partition coefficient (Wildman–Crippen LogP) is 3.51. The molecule has 4 heteroatoms. The molecule has 0 bridgehead atoms. The third-order valence-electron chi connectivity index (χ3n) is 2.53. The van der Waals surface area contributed by atoms with Crippen LogP contribution in [0, 0.1) is 0 Å². The van der Waals surface area contributed by atoms with Crippen LogP contribution in [-0.4, -0.2) is 18.7 Å². The molecular formula is C14H22Cl2NO+. The topological polar surface area (TPSA) is 25.8 Å². The second-order valence-corrected chi connectivity index (χ2v) is 6.25. The second-order valence-electron chi connectivity index (χ2n) is 5.47. The predicted molar refractivity (Wildman–Crippen MR) is 77.7 cm³/mol. The number of ether oxygens (including phenoxy) is 1. The highest BCUT2D eigenvalue weighted by atomic mass is 35.5. The Bertz CT molecular complexity index is 375. The van der Waals surface area contributed by atoms with Gasteiger partial charge in [-0.1, -0.05) is 29.3 Å². The summed E-state index contributed by atoms with van der Waals surface area (Å²) in [4.78, 5) is 0. The first-order valence-electron chi connectivity index (χ1n) is 6.31. The molecule has 0 aliphatic rings. The number of rotatable bonds is 6. The van der Waals surface area contributed by atoms with E-state index in [0.29, 0.717) is 27.9 Å². The summed E-state index contributed by atoms with van der Waals surface area (Å²) in [6, 6.07) is 5.45. The van der Waals surface area contributed by atoms with Gasteiger partial charge in [0.2, 0.25) is 0 Å². The molecule has 1 rings (SSSR count). The number of benzene rings is 1. The molecule has 2 nitrogen and oxygen atoms in total. The first-order valence-corrected chi connectivity index (χ1v) is 7.07.